The van der Waals surface area contributed by atoms with Gasteiger partial charge in [-0.1, -0.05) is 19.1 Å². The largest absolute Gasteiger partial charge is 0.464 e. The van der Waals surface area contributed by atoms with Gasteiger partial charge in [0.25, 0.3) is 0 Å². The Morgan fingerprint density at radius 3 is 2.57 bits per heavy atom. The average molecular weight is 400 g/mol. The number of para-hydroxylation sites is 1. The van der Waals surface area contributed by atoms with Gasteiger partial charge in [0.15, 0.2) is 0 Å². The zero-order valence-corrected chi connectivity index (χ0v) is 14.1. The molecular weight excluding hydrogens is 383 g/mol. The van der Waals surface area contributed by atoms with Gasteiger partial charge in [0.2, 0.25) is 5.95 Å². The molecule has 6 nitrogen and oxygen atoms in total. The van der Waals surface area contributed by atoms with E-state index in [1.807, 2.05) is 31.2 Å². The van der Waals surface area contributed by atoms with Crippen LogP contribution in [0.2, 0.25) is 0 Å². The summed E-state index contributed by atoms with van der Waals surface area (Å²) in [6.45, 7) is 5.21. The lowest BCUT2D eigenvalue weighted by molar-refractivity contribution is 0.303. The lowest BCUT2D eigenvalue weighted by Gasteiger charge is -2.09. The van der Waals surface area contributed by atoms with Crippen molar-refractivity contribution in [2.24, 2.45) is 0 Å². The number of rotatable bonds is 7. The molecule has 0 bridgehead atoms. The fraction of sp³-hybridized carbons (Fsp3) is 0.357. The van der Waals surface area contributed by atoms with Gasteiger partial charge >= 0.3 is 12.0 Å². The van der Waals surface area contributed by atoms with E-state index in [0.29, 0.717) is 18.3 Å². The Bertz CT molecular complexity index is 595. The van der Waals surface area contributed by atoms with Crippen molar-refractivity contribution >= 4 is 28.5 Å². The van der Waals surface area contributed by atoms with Crippen LogP contribution in [0, 0.1) is 3.57 Å². The molecule has 0 radical (unpaired) electrons. The maximum Gasteiger partial charge on any atom is 0.330 e. The van der Waals surface area contributed by atoms with E-state index in [-0.39, 0.29) is 12.0 Å². The van der Waals surface area contributed by atoms with Crippen molar-refractivity contribution in [1.29, 1.82) is 0 Å². The summed E-state index contributed by atoms with van der Waals surface area (Å²) < 4.78 is 12.1. The fourth-order valence-electron chi connectivity index (χ4n) is 1.52. The SMILES string of the molecule is CCCNc1nc(OCC)nc(Oc2ccccc2I)n1. The third kappa shape index (κ3) is 4.69. The van der Waals surface area contributed by atoms with Crippen molar-refractivity contribution in [1.82, 2.24) is 15.0 Å². The van der Waals surface area contributed by atoms with Crippen LogP contribution < -0.4 is 14.8 Å². The maximum atomic E-state index is 5.73. The number of anilines is 1. The van der Waals surface area contributed by atoms with Gasteiger partial charge < -0.3 is 14.8 Å². The highest BCUT2D eigenvalue weighted by atomic mass is 127. The number of hydrogen-bond acceptors (Lipinski definition) is 6. The zero-order chi connectivity index (χ0) is 15.1. The van der Waals surface area contributed by atoms with E-state index in [2.05, 4.69) is 49.8 Å². The highest BCUT2D eigenvalue weighted by Gasteiger charge is 2.10. The van der Waals surface area contributed by atoms with Gasteiger partial charge in [-0.2, -0.15) is 9.97 Å². The summed E-state index contributed by atoms with van der Waals surface area (Å²) >= 11 is 2.20. The predicted octanol–water partition coefficient (Wildman–Crippen LogP) is 3.49. The fourth-order valence-corrected chi connectivity index (χ4v) is 2.02. The molecular formula is C14H17IN4O2. The minimum Gasteiger partial charge on any atom is -0.464 e. The molecule has 0 fully saturated rings. The van der Waals surface area contributed by atoms with Crippen LogP contribution >= 0.6 is 22.6 Å². The third-order valence-electron chi connectivity index (χ3n) is 2.44. The summed E-state index contributed by atoms with van der Waals surface area (Å²) in [5, 5.41) is 3.11. The number of nitrogens with one attached hydrogen (secondary N) is 1. The molecule has 2 rings (SSSR count). The molecule has 1 N–H and O–H groups in total. The van der Waals surface area contributed by atoms with Crippen LogP contribution in [0.1, 0.15) is 20.3 Å². The van der Waals surface area contributed by atoms with Gasteiger partial charge in [-0.15, -0.1) is 4.98 Å². The third-order valence-corrected chi connectivity index (χ3v) is 3.33. The topological polar surface area (TPSA) is 69.2 Å². The van der Waals surface area contributed by atoms with Gasteiger partial charge in [0.05, 0.1) is 10.2 Å². The molecule has 2 aromatic rings. The van der Waals surface area contributed by atoms with Crippen LogP contribution in [0.5, 0.6) is 17.8 Å². The summed E-state index contributed by atoms with van der Waals surface area (Å²) in [7, 11) is 0. The molecule has 21 heavy (non-hydrogen) atoms. The monoisotopic (exact) mass is 400 g/mol. The van der Waals surface area contributed by atoms with Crippen molar-refractivity contribution < 1.29 is 9.47 Å². The first-order chi connectivity index (χ1) is 10.2. The van der Waals surface area contributed by atoms with Gasteiger partial charge in [-0.25, -0.2) is 0 Å². The van der Waals surface area contributed by atoms with E-state index < -0.39 is 0 Å². The first-order valence-electron chi connectivity index (χ1n) is 6.78. The van der Waals surface area contributed by atoms with Crippen LogP contribution in [-0.4, -0.2) is 28.1 Å². The molecule has 7 heteroatoms. The first kappa shape index (κ1) is 15.7. The first-order valence-corrected chi connectivity index (χ1v) is 7.86. The lowest BCUT2D eigenvalue weighted by atomic mass is 10.3. The van der Waals surface area contributed by atoms with Crippen LogP contribution in [0.25, 0.3) is 0 Å². The minimum atomic E-state index is 0.219. The van der Waals surface area contributed by atoms with Crippen molar-refractivity contribution in [2.45, 2.75) is 20.3 Å². The number of nitrogens with zero attached hydrogens (tertiary/aromatic N) is 3. The second kappa shape index (κ2) is 7.96. The minimum absolute atomic E-state index is 0.219. The maximum absolute atomic E-state index is 5.73. The lowest BCUT2D eigenvalue weighted by Crippen LogP contribution is -2.08. The van der Waals surface area contributed by atoms with Gasteiger partial charge in [-0.3, -0.25) is 0 Å². The Kier molecular flexibility index (Phi) is 5.97. The van der Waals surface area contributed by atoms with Gasteiger partial charge in [0.1, 0.15) is 5.75 Å². The summed E-state index contributed by atoms with van der Waals surface area (Å²) in [4.78, 5) is 12.6. The summed E-state index contributed by atoms with van der Waals surface area (Å²) in [5.74, 6) is 1.16. The normalized spacial score (nSPS) is 10.2. The Morgan fingerprint density at radius 2 is 1.86 bits per heavy atom. The van der Waals surface area contributed by atoms with Crippen LogP contribution in [0.3, 0.4) is 0 Å². The highest BCUT2D eigenvalue weighted by molar-refractivity contribution is 14.1. The van der Waals surface area contributed by atoms with Crippen molar-refractivity contribution in [3.05, 3.63) is 27.8 Å². The van der Waals surface area contributed by atoms with Crippen molar-refractivity contribution in [3.63, 3.8) is 0 Å². The number of halogens is 1. The Labute approximate surface area is 137 Å². The van der Waals surface area contributed by atoms with Gasteiger partial charge in [-0.05, 0) is 48.1 Å². The molecule has 112 valence electrons. The van der Waals surface area contributed by atoms with E-state index in [9.17, 15) is 0 Å². The molecule has 0 atom stereocenters. The second-order valence-electron chi connectivity index (χ2n) is 4.12. The highest BCUT2D eigenvalue weighted by Crippen LogP contribution is 2.25. The molecule has 0 aliphatic heterocycles. The molecule has 1 aromatic heterocycles. The van der Waals surface area contributed by atoms with Crippen LogP contribution in [-0.2, 0) is 0 Å². The van der Waals surface area contributed by atoms with Gasteiger partial charge in [0, 0.05) is 6.54 Å². The molecule has 0 aliphatic rings. The smallest absolute Gasteiger partial charge is 0.330 e. The molecule has 0 spiro atoms. The van der Waals surface area contributed by atoms with Crippen molar-refractivity contribution in [2.75, 3.05) is 18.5 Å². The summed E-state index contributed by atoms with van der Waals surface area (Å²) in [6.07, 6.45) is 0.975. The Balaban J connectivity index is 2.24. The molecule has 1 heterocycles. The van der Waals surface area contributed by atoms with E-state index in [0.717, 1.165) is 16.5 Å². The van der Waals surface area contributed by atoms with E-state index >= 15 is 0 Å². The van der Waals surface area contributed by atoms with E-state index in [4.69, 9.17) is 9.47 Å². The predicted molar refractivity (Wildman–Crippen MR) is 89.0 cm³/mol. The zero-order valence-electron chi connectivity index (χ0n) is 12.0. The summed E-state index contributed by atoms with van der Waals surface area (Å²) in [5.41, 5.74) is 0. The van der Waals surface area contributed by atoms with Crippen molar-refractivity contribution in [3.8, 4) is 17.8 Å². The number of hydrogen-bond donors (Lipinski definition) is 1. The number of ether oxygens (including phenoxy) is 2. The quantitative estimate of drug-likeness (QED) is 0.718. The number of aromatic nitrogens is 3. The van der Waals surface area contributed by atoms with E-state index in [1.165, 1.54) is 0 Å². The Hall–Kier alpha value is -1.64. The molecule has 1 aromatic carbocycles. The van der Waals surface area contributed by atoms with Crippen LogP contribution in [0.15, 0.2) is 24.3 Å². The average Bonchev–Trinajstić information content (AvgIpc) is 2.48. The standard InChI is InChI=1S/C14H17IN4O2/c1-3-9-16-12-17-13(20-4-2)19-14(18-12)21-11-8-6-5-7-10(11)15/h5-8H,3-4,9H2,1-2H3,(H,16,17,18,19). The molecule has 0 amide bonds. The summed E-state index contributed by atoms with van der Waals surface area (Å²) in [6, 6.07) is 8.14. The molecule has 0 saturated carbocycles. The van der Waals surface area contributed by atoms with E-state index in [1.54, 1.807) is 0 Å². The number of benzene rings is 1. The van der Waals surface area contributed by atoms with Crippen LogP contribution in [0.4, 0.5) is 5.95 Å². The molecule has 0 unspecified atom stereocenters. The Morgan fingerprint density at radius 1 is 1.10 bits per heavy atom. The molecule has 0 saturated heterocycles. The second-order valence-corrected chi connectivity index (χ2v) is 5.28. The molecule has 0 aliphatic carbocycles.